The summed E-state index contributed by atoms with van der Waals surface area (Å²) in [5.74, 6) is 0.799. The van der Waals surface area contributed by atoms with Gasteiger partial charge in [0.25, 0.3) is 0 Å². The smallest absolute Gasteiger partial charge is 0.343 e. The Labute approximate surface area is 302 Å². The van der Waals surface area contributed by atoms with Crippen LogP contribution >= 0.6 is 0 Å². The highest BCUT2D eigenvalue weighted by Gasteiger charge is 2.13. The van der Waals surface area contributed by atoms with Gasteiger partial charge < -0.3 is 24.1 Å². The van der Waals surface area contributed by atoms with Crippen LogP contribution in [0, 0.1) is 0 Å². The van der Waals surface area contributed by atoms with E-state index in [9.17, 15) is 14.7 Å². The van der Waals surface area contributed by atoms with E-state index in [1.165, 1.54) is 57.4 Å². The average Bonchev–Trinajstić information content (AvgIpc) is 3.14. The highest BCUT2D eigenvalue weighted by atomic mass is 16.5. The largest absolute Gasteiger partial charge is 0.507 e. The van der Waals surface area contributed by atoms with Gasteiger partial charge in [0.1, 0.15) is 28.7 Å². The number of phenols is 1. The molecule has 4 aromatic rings. The molecule has 0 aromatic heterocycles. The fourth-order valence-corrected chi connectivity index (χ4v) is 5.32. The van der Waals surface area contributed by atoms with Crippen LogP contribution in [0.2, 0.25) is 0 Å². The molecule has 8 nitrogen and oxygen atoms in total. The van der Waals surface area contributed by atoms with Crippen LogP contribution in [0.25, 0.3) is 0 Å². The van der Waals surface area contributed by atoms with Crippen molar-refractivity contribution >= 4 is 23.8 Å². The number of aliphatic imine (C=N–C) groups is 1. The van der Waals surface area contributed by atoms with Crippen molar-refractivity contribution in [2.24, 2.45) is 4.99 Å². The molecule has 0 amide bonds. The maximum Gasteiger partial charge on any atom is 0.343 e. The number of nitrogens with zero attached hydrogens (tertiary/aromatic N) is 1. The molecule has 0 saturated carbocycles. The first-order valence-corrected chi connectivity index (χ1v) is 18.3. The normalized spacial score (nSPS) is 11.0. The molecule has 4 rings (SSSR count). The number of benzene rings is 4. The number of hydrogen-bond donors (Lipinski definition) is 1. The summed E-state index contributed by atoms with van der Waals surface area (Å²) in [7, 11) is 0. The first-order valence-electron chi connectivity index (χ1n) is 18.3. The van der Waals surface area contributed by atoms with Crippen molar-refractivity contribution in [3.8, 4) is 28.7 Å². The second-order valence-corrected chi connectivity index (χ2v) is 12.5. The third-order valence-electron chi connectivity index (χ3n) is 8.31. The first-order chi connectivity index (χ1) is 24.9. The van der Waals surface area contributed by atoms with Crippen LogP contribution in [0.5, 0.6) is 28.7 Å². The lowest BCUT2D eigenvalue weighted by molar-refractivity contribution is 0.0733. The molecule has 0 aliphatic carbocycles. The summed E-state index contributed by atoms with van der Waals surface area (Å²) in [5, 5.41) is 10.5. The maximum absolute atomic E-state index is 12.8. The van der Waals surface area contributed by atoms with E-state index < -0.39 is 11.9 Å². The third kappa shape index (κ3) is 14.0. The predicted molar refractivity (Wildman–Crippen MR) is 202 cm³/mol. The van der Waals surface area contributed by atoms with E-state index >= 15 is 0 Å². The molecule has 0 fully saturated rings. The molecule has 0 radical (unpaired) electrons. The highest BCUT2D eigenvalue weighted by Crippen LogP contribution is 2.25. The molecule has 1 N–H and O–H groups in total. The van der Waals surface area contributed by atoms with Crippen LogP contribution in [0.4, 0.5) is 5.69 Å². The van der Waals surface area contributed by atoms with Gasteiger partial charge in [0.15, 0.2) is 0 Å². The number of aromatic hydroxyl groups is 1. The van der Waals surface area contributed by atoms with Gasteiger partial charge in [-0.05, 0) is 85.6 Å². The molecule has 270 valence electrons. The molecule has 0 aliphatic rings. The van der Waals surface area contributed by atoms with E-state index in [4.69, 9.17) is 18.9 Å². The van der Waals surface area contributed by atoms with Gasteiger partial charge in [0.05, 0.1) is 30.0 Å². The minimum atomic E-state index is -0.570. The molecule has 0 aliphatic heterocycles. The van der Waals surface area contributed by atoms with Crippen LogP contribution in [0.3, 0.4) is 0 Å². The number of carbonyl (C=O) groups excluding carboxylic acids is 2. The Morgan fingerprint density at radius 2 is 1.06 bits per heavy atom. The third-order valence-corrected chi connectivity index (χ3v) is 8.31. The number of esters is 2. The number of phenolic OH excluding ortho intramolecular Hbond substituents is 1. The first kappa shape index (κ1) is 38.7. The van der Waals surface area contributed by atoms with Crippen LogP contribution in [-0.2, 0) is 0 Å². The fraction of sp³-hybridized carbons (Fsp3) is 0.372. The van der Waals surface area contributed by atoms with Crippen LogP contribution in [-0.4, -0.2) is 36.5 Å². The van der Waals surface area contributed by atoms with E-state index in [-0.39, 0.29) is 17.2 Å². The van der Waals surface area contributed by atoms with Crippen molar-refractivity contribution in [3.63, 3.8) is 0 Å². The predicted octanol–water partition coefficient (Wildman–Crippen LogP) is 11.1. The molecule has 0 bridgehead atoms. The second kappa shape index (κ2) is 21.9. The van der Waals surface area contributed by atoms with Gasteiger partial charge in [-0.3, -0.25) is 4.99 Å². The Bertz CT molecular complexity index is 1670. The van der Waals surface area contributed by atoms with E-state index in [1.54, 1.807) is 85.1 Å². The lowest BCUT2D eigenvalue weighted by Gasteiger charge is -2.09. The molecule has 0 unspecified atom stereocenters. The summed E-state index contributed by atoms with van der Waals surface area (Å²) in [5.41, 5.74) is 1.86. The molecule has 51 heavy (non-hydrogen) atoms. The zero-order valence-electron chi connectivity index (χ0n) is 30.0. The zero-order chi connectivity index (χ0) is 36.1. The van der Waals surface area contributed by atoms with Crippen molar-refractivity contribution in [1.82, 2.24) is 0 Å². The molecule has 0 atom stereocenters. The Morgan fingerprint density at radius 3 is 1.61 bits per heavy atom. The number of hydrogen-bond acceptors (Lipinski definition) is 8. The van der Waals surface area contributed by atoms with E-state index in [0.29, 0.717) is 47.1 Å². The number of unbranched alkanes of at least 4 members (excludes halogenated alkanes) is 10. The average molecular weight is 694 g/mol. The summed E-state index contributed by atoms with van der Waals surface area (Å²) in [4.78, 5) is 30.0. The second-order valence-electron chi connectivity index (χ2n) is 12.5. The minimum Gasteiger partial charge on any atom is -0.507 e. The van der Waals surface area contributed by atoms with Crippen LogP contribution < -0.4 is 18.9 Å². The van der Waals surface area contributed by atoms with Crippen molar-refractivity contribution in [3.05, 3.63) is 108 Å². The van der Waals surface area contributed by atoms with E-state index in [0.717, 1.165) is 25.7 Å². The summed E-state index contributed by atoms with van der Waals surface area (Å²) in [6.45, 7) is 5.69. The van der Waals surface area contributed by atoms with Gasteiger partial charge in [0, 0.05) is 23.9 Å². The number of rotatable bonds is 22. The Balaban J connectivity index is 1.22. The highest BCUT2D eigenvalue weighted by molar-refractivity contribution is 5.92. The molecule has 8 heteroatoms. The van der Waals surface area contributed by atoms with E-state index in [2.05, 4.69) is 18.8 Å². The monoisotopic (exact) mass is 693 g/mol. The lowest BCUT2D eigenvalue weighted by atomic mass is 10.1. The van der Waals surface area contributed by atoms with Gasteiger partial charge in [-0.15, -0.1) is 0 Å². The molecule has 0 saturated heterocycles. The van der Waals surface area contributed by atoms with Crippen molar-refractivity contribution in [2.75, 3.05) is 13.2 Å². The number of ether oxygens (including phenoxy) is 4. The fourth-order valence-electron chi connectivity index (χ4n) is 5.32. The molecule has 0 heterocycles. The van der Waals surface area contributed by atoms with Crippen molar-refractivity contribution < 1.29 is 33.6 Å². The summed E-state index contributed by atoms with van der Waals surface area (Å²) in [6.07, 6.45) is 15.9. The van der Waals surface area contributed by atoms with Gasteiger partial charge in [-0.1, -0.05) is 84.1 Å². The van der Waals surface area contributed by atoms with Gasteiger partial charge >= 0.3 is 11.9 Å². The summed E-state index contributed by atoms with van der Waals surface area (Å²) < 4.78 is 22.7. The maximum atomic E-state index is 12.8. The minimum absolute atomic E-state index is 0.0777. The van der Waals surface area contributed by atoms with Crippen molar-refractivity contribution in [1.29, 1.82) is 0 Å². The summed E-state index contributed by atoms with van der Waals surface area (Å²) >= 11 is 0. The van der Waals surface area contributed by atoms with Crippen LogP contribution in [0.1, 0.15) is 117 Å². The molecular weight excluding hydrogens is 642 g/mol. The molecule has 4 aromatic carbocycles. The Hall–Kier alpha value is -5.11. The SMILES string of the molecule is CCCCCCCCOc1ccc(C(=O)Oc2cccc(OC(=O)c3ccc(N=Cc4ccc(OCCCCCCCC)cc4O)cc3)c2)cc1. The topological polar surface area (TPSA) is 104 Å². The zero-order valence-corrected chi connectivity index (χ0v) is 30.0. The van der Waals surface area contributed by atoms with Crippen molar-refractivity contribution in [2.45, 2.75) is 90.9 Å². The van der Waals surface area contributed by atoms with Gasteiger partial charge in [-0.25, -0.2) is 9.59 Å². The standard InChI is InChI=1S/C43H51NO7/c1-3-5-7-9-11-13-28-48-37-25-20-34(21-26-37)43(47)51-40-17-15-16-39(30-40)50-42(46)33-18-23-36(24-19-33)44-32-35-22-27-38(31-41(35)45)49-29-14-12-10-8-6-4-2/h15-27,30-32,45H,3-14,28-29H2,1-2H3. The molecular formula is C43H51NO7. The quantitative estimate of drug-likeness (QED) is 0.0378. The Kier molecular flexibility index (Phi) is 16.6. The van der Waals surface area contributed by atoms with Crippen LogP contribution in [0.15, 0.2) is 96.0 Å². The lowest BCUT2D eigenvalue weighted by Crippen LogP contribution is -2.10. The number of carbonyl (C=O) groups is 2. The Morgan fingerprint density at radius 1 is 0.569 bits per heavy atom. The molecule has 0 spiro atoms. The van der Waals surface area contributed by atoms with Gasteiger partial charge in [-0.2, -0.15) is 0 Å². The van der Waals surface area contributed by atoms with Gasteiger partial charge in [0.2, 0.25) is 0 Å². The van der Waals surface area contributed by atoms with E-state index in [1.807, 2.05) is 6.07 Å². The summed E-state index contributed by atoms with van der Waals surface area (Å²) in [6, 6.07) is 25.0.